The number of nitrogens with zero attached hydrogens (tertiary/aromatic N) is 1. The number of hydrogen-bond donors (Lipinski definition) is 1. The number of hydrogen-bond acceptors (Lipinski definition) is 4. The van der Waals surface area contributed by atoms with E-state index in [9.17, 15) is 4.79 Å². The highest BCUT2D eigenvalue weighted by molar-refractivity contribution is 14.1. The van der Waals surface area contributed by atoms with Gasteiger partial charge in [0, 0.05) is 15.6 Å². The van der Waals surface area contributed by atoms with Gasteiger partial charge in [-0.3, -0.25) is 0 Å². The van der Waals surface area contributed by atoms with Crippen molar-refractivity contribution >= 4 is 34.3 Å². The van der Waals surface area contributed by atoms with Crippen molar-refractivity contribution in [3.05, 3.63) is 33.4 Å². The summed E-state index contributed by atoms with van der Waals surface area (Å²) < 4.78 is 6.16. The molecular formula is C12H12INO4. The van der Waals surface area contributed by atoms with Crippen LogP contribution in [0.1, 0.15) is 12.0 Å². The summed E-state index contributed by atoms with van der Waals surface area (Å²) in [7, 11) is 0. The van der Waals surface area contributed by atoms with Crippen LogP contribution < -0.4 is 0 Å². The Morgan fingerprint density at radius 3 is 2.72 bits per heavy atom. The van der Waals surface area contributed by atoms with E-state index in [-0.39, 0.29) is 11.8 Å². The molecule has 0 bridgehead atoms. The van der Waals surface area contributed by atoms with E-state index in [0.29, 0.717) is 18.8 Å². The van der Waals surface area contributed by atoms with Gasteiger partial charge in [-0.05, 0) is 34.7 Å². The van der Waals surface area contributed by atoms with Crippen molar-refractivity contribution in [1.29, 1.82) is 0 Å². The fourth-order valence-electron chi connectivity index (χ4n) is 1.55. The van der Waals surface area contributed by atoms with Crippen LogP contribution in [0.2, 0.25) is 0 Å². The summed E-state index contributed by atoms with van der Waals surface area (Å²) in [6.45, 7) is 1.09. The molecule has 96 valence electrons. The van der Waals surface area contributed by atoms with Gasteiger partial charge >= 0.3 is 5.97 Å². The number of benzene rings is 1. The summed E-state index contributed by atoms with van der Waals surface area (Å²) in [6.07, 6.45) is 0.589. The van der Waals surface area contributed by atoms with E-state index in [1.165, 1.54) is 0 Å². The number of halogens is 1. The first kappa shape index (κ1) is 13.3. The van der Waals surface area contributed by atoms with Gasteiger partial charge in [-0.2, -0.15) is 0 Å². The molecule has 1 fully saturated rings. The molecule has 18 heavy (non-hydrogen) atoms. The summed E-state index contributed by atoms with van der Waals surface area (Å²) in [6, 6.07) is 7.08. The van der Waals surface area contributed by atoms with E-state index in [4.69, 9.17) is 14.7 Å². The Balaban J connectivity index is 2.14. The summed E-state index contributed by atoms with van der Waals surface area (Å²) in [5, 5.41) is 12.9. The zero-order valence-electron chi connectivity index (χ0n) is 9.51. The minimum Gasteiger partial charge on any atom is -0.476 e. The van der Waals surface area contributed by atoms with E-state index in [1.807, 2.05) is 12.1 Å². The van der Waals surface area contributed by atoms with Crippen molar-refractivity contribution in [3.63, 3.8) is 0 Å². The van der Waals surface area contributed by atoms with Gasteiger partial charge < -0.3 is 14.7 Å². The maximum Gasteiger partial charge on any atom is 0.358 e. The fraction of sp³-hybridized carbons (Fsp3) is 0.333. The molecule has 1 aromatic rings. The van der Waals surface area contributed by atoms with Crippen LogP contribution in [0.3, 0.4) is 0 Å². The Labute approximate surface area is 118 Å². The van der Waals surface area contributed by atoms with E-state index in [2.05, 4.69) is 27.7 Å². The lowest BCUT2D eigenvalue weighted by molar-refractivity contribution is -0.129. The molecule has 1 aliphatic rings. The molecule has 0 spiro atoms. The molecule has 0 amide bonds. The molecule has 1 aromatic carbocycles. The zero-order chi connectivity index (χ0) is 13.0. The third kappa shape index (κ3) is 3.42. The van der Waals surface area contributed by atoms with Crippen molar-refractivity contribution in [1.82, 2.24) is 0 Å². The van der Waals surface area contributed by atoms with Crippen molar-refractivity contribution < 1.29 is 19.5 Å². The van der Waals surface area contributed by atoms with Gasteiger partial charge in [0.15, 0.2) is 11.8 Å². The maximum absolute atomic E-state index is 11.1. The average Bonchev–Trinajstić information content (AvgIpc) is 2.84. The molecule has 0 aliphatic carbocycles. The number of carboxylic acids is 1. The second kappa shape index (κ2) is 6.14. The predicted octanol–water partition coefficient (Wildman–Crippen LogP) is 1.89. The minimum atomic E-state index is -1.10. The van der Waals surface area contributed by atoms with Crippen molar-refractivity contribution in [2.75, 3.05) is 13.2 Å². The Kier molecular flexibility index (Phi) is 4.54. The second-order valence-electron chi connectivity index (χ2n) is 3.84. The van der Waals surface area contributed by atoms with Crippen molar-refractivity contribution in [2.24, 2.45) is 5.16 Å². The lowest BCUT2D eigenvalue weighted by Gasteiger charge is -2.07. The fourth-order valence-corrected chi connectivity index (χ4v) is 1.91. The van der Waals surface area contributed by atoms with Gasteiger partial charge in [0.2, 0.25) is 0 Å². The highest BCUT2D eigenvalue weighted by Crippen LogP contribution is 2.11. The lowest BCUT2D eigenvalue weighted by Crippen LogP contribution is -2.17. The molecule has 0 unspecified atom stereocenters. The predicted molar refractivity (Wildman–Crippen MR) is 73.6 cm³/mol. The standard InChI is InChI=1S/C12H12INO4/c13-9-3-1-8(2-4-9)11(12(15)16)14-18-10-5-6-17-7-10/h1-4,10H,5-7H2,(H,15,16)/t10-/m1/s1. The van der Waals surface area contributed by atoms with Crippen LogP contribution in [0.4, 0.5) is 0 Å². The third-order valence-electron chi connectivity index (χ3n) is 2.50. The molecule has 1 atom stereocenters. The SMILES string of the molecule is O=C(O)C(=NO[C@@H]1CCOC1)c1ccc(I)cc1. The van der Waals surface area contributed by atoms with E-state index < -0.39 is 5.97 Å². The normalized spacial score (nSPS) is 19.8. The number of rotatable bonds is 4. The molecule has 6 heteroatoms. The number of aliphatic carboxylic acids is 1. The topological polar surface area (TPSA) is 68.1 Å². The molecule has 0 saturated carbocycles. The van der Waals surface area contributed by atoms with Crippen molar-refractivity contribution in [3.8, 4) is 0 Å². The van der Waals surface area contributed by atoms with Crippen LogP contribution in [-0.2, 0) is 14.4 Å². The summed E-state index contributed by atoms with van der Waals surface area (Å²) in [5.74, 6) is -1.10. The molecule has 0 radical (unpaired) electrons. The van der Waals surface area contributed by atoms with E-state index in [1.54, 1.807) is 12.1 Å². The van der Waals surface area contributed by atoms with Gasteiger partial charge in [-0.25, -0.2) is 4.79 Å². The molecule has 1 N–H and O–H groups in total. The van der Waals surface area contributed by atoms with Gasteiger partial charge in [-0.1, -0.05) is 17.3 Å². The molecule has 1 heterocycles. The smallest absolute Gasteiger partial charge is 0.358 e. The van der Waals surface area contributed by atoms with E-state index in [0.717, 1.165) is 9.99 Å². The number of carbonyl (C=O) groups is 1. The largest absolute Gasteiger partial charge is 0.476 e. The maximum atomic E-state index is 11.1. The van der Waals surface area contributed by atoms with Crippen LogP contribution in [0.15, 0.2) is 29.4 Å². The monoisotopic (exact) mass is 361 g/mol. The Morgan fingerprint density at radius 2 is 2.17 bits per heavy atom. The summed E-state index contributed by atoms with van der Waals surface area (Å²) >= 11 is 2.15. The Morgan fingerprint density at radius 1 is 1.44 bits per heavy atom. The van der Waals surface area contributed by atoms with E-state index >= 15 is 0 Å². The molecule has 1 aliphatic heterocycles. The van der Waals surface area contributed by atoms with Gasteiger partial charge in [-0.15, -0.1) is 0 Å². The second-order valence-corrected chi connectivity index (χ2v) is 5.09. The van der Waals surface area contributed by atoms with Crippen LogP contribution in [-0.4, -0.2) is 36.1 Å². The molecule has 2 rings (SSSR count). The van der Waals surface area contributed by atoms with Crippen LogP contribution >= 0.6 is 22.6 Å². The highest BCUT2D eigenvalue weighted by atomic mass is 127. The van der Waals surface area contributed by atoms with Crippen molar-refractivity contribution in [2.45, 2.75) is 12.5 Å². The van der Waals surface area contributed by atoms with Crippen LogP contribution in [0.25, 0.3) is 0 Å². The van der Waals surface area contributed by atoms with Gasteiger partial charge in [0.05, 0.1) is 13.2 Å². The number of oxime groups is 1. The highest BCUT2D eigenvalue weighted by Gasteiger charge is 2.19. The van der Waals surface area contributed by atoms with Crippen LogP contribution in [0.5, 0.6) is 0 Å². The molecule has 1 saturated heterocycles. The minimum absolute atomic E-state index is 0.0849. The number of ether oxygens (including phenoxy) is 1. The quantitative estimate of drug-likeness (QED) is 0.505. The zero-order valence-corrected chi connectivity index (χ0v) is 11.7. The first-order valence-electron chi connectivity index (χ1n) is 5.47. The summed E-state index contributed by atoms with van der Waals surface area (Å²) in [4.78, 5) is 16.3. The van der Waals surface area contributed by atoms with Gasteiger partial charge in [0.1, 0.15) is 0 Å². The lowest BCUT2D eigenvalue weighted by atomic mass is 10.1. The number of carboxylic acid groups (broad SMARTS) is 1. The van der Waals surface area contributed by atoms with Crippen LogP contribution in [0, 0.1) is 3.57 Å². The Hall–Kier alpha value is -1.15. The molecule has 0 aromatic heterocycles. The average molecular weight is 361 g/mol. The molecular weight excluding hydrogens is 349 g/mol. The molecule has 5 nitrogen and oxygen atoms in total. The Bertz CT molecular complexity index is 452. The third-order valence-corrected chi connectivity index (χ3v) is 3.22. The van der Waals surface area contributed by atoms with Gasteiger partial charge in [0.25, 0.3) is 0 Å². The first-order valence-corrected chi connectivity index (χ1v) is 6.55. The summed E-state index contributed by atoms with van der Waals surface area (Å²) in [5.41, 5.74) is 0.445. The first-order chi connectivity index (χ1) is 8.66.